The maximum atomic E-state index is 12.3. The minimum atomic E-state index is -0.875. The first-order chi connectivity index (χ1) is 11.5. The molecular weight excluding hydrogens is 394 g/mol. The molecule has 6 heteroatoms. The fraction of sp³-hybridized carbons (Fsp3) is 0.111. The fourth-order valence-electron chi connectivity index (χ4n) is 2.57. The first-order valence-electron chi connectivity index (χ1n) is 7.15. The number of nitrogens with zero attached hydrogens (tertiary/aromatic N) is 1. The van der Waals surface area contributed by atoms with E-state index >= 15 is 0 Å². The van der Waals surface area contributed by atoms with Gasteiger partial charge in [-0.15, -0.1) is 0 Å². The fourth-order valence-corrected chi connectivity index (χ4v) is 3.06. The lowest BCUT2D eigenvalue weighted by Gasteiger charge is -2.06. The molecule has 0 spiro atoms. The Morgan fingerprint density at radius 2 is 1.88 bits per heavy atom. The molecule has 0 atom stereocenters. The van der Waals surface area contributed by atoms with E-state index in [1.165, 1.54) is 7.11 Å². The Kier molecular flexibility index (Phi) is 4.73. The number of Topliss-reactive ketones (excluding diaryl/α,β-unsaturated/α-hetero) is 1. The Balaban J connectivity index is 2.09. The number of fused-ring (bicyclic) bond motifs is 1. The minimum Gasteiger partial charge on any atom is -0.463 e. The lowest BCUT2D eigenvalue weighted by atomic mass is 10.1. The van der Waals surface area contributed by atoms with E-state index in [1.807, 2.05) is 47.0 Å². The molecule has 0 aliphatic carbocycles. The van der Waals surface area contributed by atoms with Gasteiger partial charge >= 0.3 is 5.97 Å². The SMILES string of the molecule is COC(=O)C(=O)c1cn(Cc2ccc(Cl)cc2)c2ccc(Br)cc12. The monoisotopic (exact) mass is 405 g/mol. The molecule has 0 N–H and O–H groups in total. The zero-order chi connectivity index (χ0) is 17.3. The van der Waals surface area contributed by atoms with E-state index in [1.54, 1.807) is 6.20 Å². The molecule has 0 aliphatic rings. The molecule has 0 bridgehead atoms. The smallest absolute Gasteiger partial charge is 0.379 e. The zero-order valence-corrected chi connectivity index (χ0v) is 15.1. The minimum absolute atomic E-state index is 0.326. The van der Waals surface area contributed by atoms with Gasteiger partial charge in [-0.25, -0.2) is 4.79 Å². The standard InChI is InChI=1S/C18H13BrClNO3/c1-24-18(23)17(22)15-10-21(9-11-2-5-13(20)6-3-11)16-7-4-12(19)8-14(15)16/h2-8,10H,9H2,1H3. The summed E-state index contributed by atoms with van der Waals surface area (Å²) in [5.41, 5.74) is 2.23. The molecule has 4 nitrogen and oxygen atoms in total. The third-order valence-corrected chi connectivity index (χ3v) is 4.47. The topological polar surface area (TPSA) is 48.3 Å². The zero-order valence-electron chi connectivity index (χ0n) is 12.8. The first kappa shape index (κ1) is 16.7. The van der Waals surface area contributed by atoms with Crippen molar-refractivity contribution in [3.63, 3.8) is 0 Å². The number of carbonyl (C=O) groups excluding carboxylic acids is 2. The molecule has 0 saturated heterocycles. The molecule has 0 aliphatic heterocycles. The van der Waals surface area contributed by atoms with Gasteiger partial charge < -0.3 is 9.30 Å². The summed E-state index contributed by atoms with van der Waals surface area (Å²) in [5.74, 6) is -1.53. The molecule has 122 valence electrons. The molecule has 3 rings (SSSR count). The molecule has 0 fully saturated rings. The molecule has 2 aromatic carbocycles. The van der Waals surface area contributed by atoms with Crippen LogP contribution in [0.2, 0.25) is 5.02 Å². The maximum absolute atomic E-state index is 12.3. The molecule has 24 heavy (non-hydrogen) atoms. The molecule has 0 amide bonds. The van der Waals surface area contributed by atoms with Gasteiger partial charge in [0, 0.05) is 33.1 Å². The van der Waals surface area contributed by atoms with Crippen LogP contribution >= 0.6 is 27.5 Å². The summed E-state index contributed by atoms with van der Waals surface area (Å²) in [4.78, 5) is 23.9. The Morgan fingerprint density at radius 1 is 1.17 bits per heavy atom. The summed E-state index contributed by atoms with van der Waals surface area (Å²) in [6, 6.07) is 13.1. The highest BCUT2D eigenvalue weighted by Crippen LogP contribution is 2.27. The van der Waals surface area contributed by atoms with Crippen molar-refractivity contribution in [3.05, 3.63) is 69.3 Å². The van der Waals surface area contributed by atoms with Crippen molar-refractivity contribution in [3.8, 4) is 0 Å². The largest absolute Gasteiger partial charge is 0.463 e. The van der Waals surface area contributed by atoms with Crippen molar-refractivity contribution in [1.29, 1.82) is 0 Å². The first-order valence-corrected chi connectivity index (χ1v) is 8.32. The van der Waals surface area contributed by atoms with E-state index < -0.39 is 11.8 Å². The number of carbonyl (C=O) groups is 2. The number of benzene rings is 2. The molecular formula is C18H13BrClNO3. The molecule has 0 unspecified atom stereocenters. The van der Waals surface area contributed by atoms with Crippen LogP contribution in [-0.4, -0.2) is 23.4 Å². The van der Waals surface area contributed by atoms with Crippen LogP contribution in [0, 0.1) is 0 Å². The number of rotatable bonds is 4. The van der Waals surface area contributed by atoms with Crippen LogP contribution in [0.3, 0.4) is 0 Å². The summed E-state index contributed by atoms with van der Waals surface area (Å²) in [5, 5.41) is 1.37. The van der Waals surface area contributed by atoms with Gasteiger partial charge in [-0.05, 0) is 35.9 Å². The molecule has 0 saturated carbocycles. The Bertz CT molecular complexity index is 931. The van der Waals surface area contributed by atoms with Crippen LogP contribution in [0.5, 0.6) is 0 Å². The molecule has 1 heterocycles. The van der Waals surface area contributed by atoms with Gasteiger partial charge in [0.15, 0.2) is 0 Å². The van der Waals surface area contributed by atoms with Crippen molar-refractivity contribution < 1.29 is 14.3 Å². The lowest BCUT2D eigenvalue weighted by molar-refractivity contribution is -0.135. The second kappa shape index (κ2) is 6.79. The Labute approximate surface area is 152 Å². The Morgan fingerprint density at radius 3 is 2.54 bits per heavy atom. The molecule has 1 aromatic heterocycles. The average molecular weight is 407 g/mol. The summed E-state index contributed by atoms with van der Waals surface area (Å²) >= 11 is 9.32. The van der Waals surface area contributed by atoms with Crippen molar-refractivity contribution in [2.75, 3.05) is 7.11 Å². The third-order valence-electron chi connectivity index (χ3n) is 3.72. The van der Waals surface area contributed by atoms with E-state index in [-0.39, 0.29) is 0 Å². The summed E-state index contributed by atoms with van der Waals surface area (Å²) in [7, 11) is 1.20. The molecule has 0 radical (unpaired) electrons. The van der Waals surface area contributed by atoms with Crippen LogP contribution < -0.4 is 0 Å². The highest BCUT2D eigenvalue weighted by Gasteiger charge is 2.22. The highest BCUT2D eigenvalue weighted by molar-refractivity contribution is 9.10. The van der Waals surface area contributed by atoms with Crippen LogP contribution in [-0.2, 0) is 16.1 Å². The van der Waals surface area contributed by atoms with Gasteiger partial charge in [0.2, 0.25) is 0 Å². The van der Waals surface area contributed by atoms with Crippen LogP contribution in [0.15, 0.2) is 53.1 Å². The van der Waals surface area contributed by atoms with E-state index in [2.05, 4.69) is 20.7 Å². The summed E-state index contributed by atoms with van der Waals surface area (Å²) in [6.45, 7) is 0.559. The highest BCUT2D eigenvalue weighted by atomic mass is 79.9. The predicted molar refractivity (Wildman–Crippen MR) is 96.5 cm³/mol. The number of ether oxygens (including phenoxy) is 1. The number of esters is 1. The number of aromatic nitrogens is 1. The normalized spacial score (nSPS) is 10.8. The van der Waals surface area contributed by atoms with Gasteiger partial charge in [0.1, 0.15) is 0 Å². The van der Waals surface area contributed by atoms with Crippen molar-refractivity contribution in [2.45, 2.75) is 6.54 Å². The maximum Gasteiger partial charge on any atom is 0.379 e. The van der Waals surface area contributed by atoms with Crippen molar-refractivity contribution in [2.24, 2.45) is 0 Å². The van der Waals surface area contributed by atoms with Crippen molar-refractivity contribution >= 4 is 50.2 Å². The number of hydrogen-bond acceptors (Lipinski definition) is 3. The van der Waals surface area contributed by atoms with Gasteiger partial charge in [0.25, 0.3) is 5.78 Å². The van der Waals surface area contributed by atoms with Crippen molar-refractivity contribution in [1.82, 2.24) is 4.57 Å². The predicted octanol–water partition coefficient (Wildman–Crippen LogP) is 4.46. The summed E-state index contributed by atoms with van der Waals surface area (Å²) < 4.78 is 7.33. The van der Waals surface area contributed by atoms with Gasteiger partial charge in [-0.2, -0.15) is 0 Å². The summed E-state index contributed by atoms with van der Waals surface area (Å²) in [6.07, 6.45) is 1.69. The van der Waals surface area contributed by atoms with Gasteiger partial charge in [0.05, 0.1) is 12.7 Å². The second-order valence-corrected chi connectivity index (χ2v) is 6.63. The average Bonchev–Trinajstić information content (AvgIpc) is 2.93. The van der Waals surface area contributed by atoms with Gasteiger partial charge in [-0.1, -0.05) is 39.7 Å². The van der Waals surface area contributed by atoms with Crippen LogP contribution in [0.4, 0.5) is 0 Å². The lowest BCUT2D eigenvalue weighted by Crippen LogP contribution is -2.15. The quantitative estimate of drug-likeness (QED) is 0.365. The van der Waals surface area contributed by atoms with E-state index in [0.717, 1.165) is 15.6 Å². The second-order valence-electron chi connectivity index (χ2n) is 5.28. The van der Waals surface area contributed by atoms with E-state index in [4.69, 9.17) is 11.6 Å². The number of ketones is 1. The third kappa shape index (κ3) is 3.23. The van der Waals surface area contributed by atoms with Crippen LogP contribution in [0.1, 0.15) is 15.9 Å². The van der Waals surface area contributed by atoms with Crippen LogP contribution in [0.25, 0.3) is 10.9 Å². The number of halogens is 2. The number of hydrogen-bond donors (Lipinski definition) is 0. The van der Waals surface area contributed by atoms with E-state index in [0.29, 0.717) is 22.5 Å². The van der Waals surface area contributed by atoms with Gasteiger partial charge in [-0.3, -0.25) is 4.79 Å². The Hall–Kier alpha value is -2.11. The molecule has 3 aromatic rings. The number of methoxy groups -OCH3 is 1. The van der Waals surface area contributed by atoms with E-state index in [9.17, 15) is 9.59 Å².